The zero-order valence-corrected chi connectivity index (χ0v) is 14.0. The molecule has 0 aliphatic carbocycles. The van der Waals surface area contributed by atoms with E-state index in [-0.39, 0.29) is 5.92 Å². The van der Waals surface area contributed by atoms with Crippen molar-refractivity contribution >= 4 is 5.91 Å². The van der Waals surface area contributed by atoms with E-state index in [2.05, 4.69) is 30.9 Å². The van der Waals surface area contributed by atoms with Crippen LogP contribution in [0.3, 0.4) is 0 Å². The second-order valence-corrected chi connectivity index (χ2v) is 5.91. The van der Waals surface area contributed by atoms with Crippen LogP contribution in [0.2, 0.25) is 0 Å². The number of carbonyl (C=O) groups is 1. The summed E-state index contributed by atoms with van der Waals surface area (Å²) < 4.78 is 5.27. The highest BCUT2D eigenvalue weighted by Gasteiger charge is 2.27. The van der Waals surface area contributed by atoms with E-state index in [9.17, 15) is 4.79 Å². The lowest BCUT2D eigenvalue weighted by Gasteiger charge is -2.33. The highest BCUT2D eigenvalue weighted by molar-refractivity contribution is 5.78. The minimum atomic E-state index is 0.210. The first-order valence-electron chi connectivity index (χ1n) is 8.32. The lowest BCUT2D eigenvalue weighted by atomic mass is 9.95. The standard InChI is InChI=1S/C18H28N2O2/c1-4-20(5-2)18(21)16-9-11-19(12-10-16)14-15-7-6-8-17(13-15)22-3/h6-8,13,16H,4-5,9-12,14H2,1-3H3. The lowest BCUT2D eigenvalue weighted by molar-refractivity contribution is -0.136. The maximum Gasteiger partial charge on any atom is 0.225 e. The van der Waals surface area contributed by atoms with Gasteiger partial charge in [0, 0.05) is 25.6 Å². The summed E-state index contributed by atoms with van der Waals surface area (Å²) in [6.07, 6.45) is 1.94. The van der Waals surface area contributed by atoms with Crippen molar-refractivity contribution in [2.45, 2.75) is 33.2 Å². The molecule has 1 amide bonds. The van der Waals surface area contributed by atoms with E-state index in [1.807, 2.05) is 17.0 Å². The second-order valence-electron chi connectivity index (χ2n) is 5.91. The first-order chi connectivity index (χ1) is 10.7. The lowest BCUT2D eigenvalue weighted by Crippen LogP contribution is -2.42. The van der Waals surface area contributed by atoms with E-state index in [1.54, 1.807) is 7.11 Å². The molecule has 1 aliphatic rings. The Morgan fingerprint density at radius 2 is 1.95 bits per heavy atom. The molecule has 0 saturated carbocycles. The van der Waals surface area contributed by atoms with E-state index in [4.69, 9.17) is 4.74 Å². The average molecular weight is 304 g/mol. The number of hydrogen-bond acceptors (Lipinski definition) is 3. The quantitative estimate of drug-likeness (QED) is 0.810. The van der Waals surface area contributed by atoms with Gasteiger partial charge in [-0.2, -0.15) is 0 Å². The van der Waals surface area contributed by atoms with Crippen LogP contribution in [0.4, 0.5) is 0 Å². The Bertz CT molecular complexity index is 478. The van der Waals surface area contributed by atoms with Crippen LogP contribution in [0.25, 0.3) is 0 Å². The first-order valence-corrected chi connectivity index (χ1v) is 8.32. The van der Waals surface area contributed by atoms with Gasteiger partial charge in [-0.1, -0.05) is 12.1 Å². The summed E-state index contributed by atoms with van der Waals surface area (Å²) in [5.41, 5.74) is 1.27. The molecule has 1 aromatic rings. The van der Waals surface area contributed by atoms with Gasteiger partial charge in [0.2, 0.25) is 5.91 Å². The van der Waals surface area contributed by atoms with Crippen molar-refractivity contribution in [2.75, 3.05) is 33.3 Å². The van der Waals surface area contributed by atoms with Crippen LogP contribution in [0, 0.1) is 5.92 Å². The zero-order valence-electron chi connectivity index (χ0n) is 14.0. The highest BCUT2D eigenvalue weighted by atomic mass is 16.5. The summed E-state index contributed by atoms with van der Waals surface area (Å²) in [5, 5.41) is 0. The highest BCUT2D eigenvalue weighted by Crippen LogP contribution is 2.22. The van der Waals surface area contributed by atoms with Crippen molar-refractivity contribution in [1.29, 1.82) is 0 Å². The molecular weight excluding hydrogens is 276 g/mol. The van der Waals surface area contributed by atoms with Crippen molar-refractivity contribution in [1.82, 2.24) is 9.80 Å². The molecule has 4 heteroatoms. The number of benzene rings is 1. The third kappa shape index (κ3) is 4.23. The Balaban J connectivity index is 1.85. The van der Waals surface area contributed by atoms with E-state index in [0.717, 1.165) is 51.3 Å². The molecule has 0 bridgehead atoms. The maximum absolute atomic E-state index is 12.4. The minimum absolute atomic E-state index is 0.210. The Kier molecular flexibility index (Phi) is 6.25. The van der Waals surface area contributed by atoms with Crippen molar-refractivity contribution in [2.24, 2.45) is 5.92 Å². The van der Waals surface area contributed by atoms with E-state index in [0.29, 0.717) is 5.91 Å². The second kappa shape index (κ2) is 8.18. The zero-order chi connectivity index (χ0) is 15.9. The van der Waals surface area contributed by atoms with Gasteiger partial charge in [0.25, 0.3) is 0 Å². The molecule has 22 heavy (non-hydrogen) atoms. The predicted octanol–water partition coefficient (Wildman–Crippen LogP) is 2.78. The fourth-order valence-electron chi connectivity index (χ4n) is 3.16. The van der Waals surface area contributed by atoms with Crippen molar-refractivity contribution in [3.8, 4) is 5.75 Å². The summed E-state index contributed by atoms with van der Waals surface area (Å²) in [6, 6.07) is 8.23. The van der Waals surface area contributed by atoms with Crippen LogP contribution < -0.4 is 4.74 Å². The number of ether oxygens (including phenoxy) is 1. The van der Waals surface area contributed by atoms with Gasteiger partial charge in [-0.3, -0.25) is 9.69 Å². The van der Waals surface area contributed by atoms with Gasteiger partial charge in [0.15, 0.2) is 0 Å². The number of likely N-dealkylation sites (tertiary alicyclic amines) is 1. The summed E-state index contributed by atoms with van der Waals surface area (Å²) in [4.78, 5) is 16.8. The number of methoxy groups -OCH3 is 1. The van der Waals surface area contributed by atoms with Gasteiger partial charge in [-0.05, 0) is 57.5 Å². The van der Waals surface area contributed by atoms with Crippen LogP contribution in [0.1, 0.15) is 32.3 Å². The van der Waals surface area contributed by atoms with Gasteiger partial charge in [-0.25, -0.2) is 0 Å². The molecule has 1 heterocycles. The molecule has 0 N–H and O–H groups in total. The Morgan fingerprint density at radius 3 is 2.55 bits per heavy atom. The van der Waals surface area contributed by atoms with Gasteiger partial charge < -0.3 is 9.64 Å². The fraction of sp³-hybridized carbons (Fsp3) is 0.611. The number of carbonyl (C=O) groups excluding carboxylic acids is 1. The van der Waals surface area contributed by atoms with Crippen LogP contribution in [-0.4, -0.2) is 49.0 Å². The normalized spacial score (nSPS) is 16.5. The molecular formula is C18H28N2O2. The molecule has 122 valence electrons. The van der Waals surface area contributed by atoms with Gasteiger partial charge in [-0.15, -0.1) is 0 Å². The smallest absolute Gasteiger partial charge is 0.225 e. The summed E-state index contributed by atoms with van der Waals surface area (Å²) in [5.74, 6) is 1.46. The average Bonchev–Trinajstić information content (AvgIpc) is 2.56. The number of amides is 1. The molecule has 1 aromatic carbocycles. The van der Waals surface area contributed by atoms with Crippen LogP contribution in [-0.2, 0) is 11.3 Å². The molecule has 1 aliphatic heterocycles. The van der Waals surface area contributed by atoms with Crippen LogP contribution in [0.15, 0.2) is 24.3 Å². The van der Waals surface area contributed by atoms with Crippen LogP contribution in [0.5, 0.6) is 5.75 Å². The number of hydrogen-bond donors (Lipinski definition) is 0. The number of rotatable bonds is 6. The number of piperidine rings is 1. The topological polar surface area (TPSA) is 32.8 Å². The minimum Gasteiger partial charge on any atom is -0.497 e. The van der Waals surface area contributed by atoms with E-state index in [1.165, 1.54) is 5.56 Å². The molecule has 2 rings (SSSR count). The fourth-order valence-corrected chi connectivity index (χ4v) is 3.16. The SMILES string of the molecule is CCN(CC)C(=O)C1CCN(Cc2cccc(OC)c2)CC1. The molecule has 0 spiro atoms. The van der Waals surface area contributed by atoms with Gasteiger partial charge >= 0.3 is 0 Å². The van der Waals surface area contributed by atoms with Gasteiger partial charge in [0.1, 0.15) is 5.75 Å². The molecule has 0 radical (unpaired) electrons. The monoisotopic (exact) mass is 304 g/mol. The van der Waals surface area contributed by atoms with Gasteiger partial charge in [0.05, 0.1) is 7.11 Å². The molecule has 4 nitrogen and oxygen atoms in total. The maximum atomic E-state index is 12.4. The third-order valence-electron chi connectivity index (χ3n) is 4.55. The summed E-state index contributed by atoms with van der Waals surface area (Å²) in [7, 11) is 1.70. The van der Waals surface area contributed by atoms with E-state index >= 15 is 0 Å². The summed E-state index contributed by atoms with van der Waals surface area (Å²) >= 11 is 0. The molecule has 0 unspecified atom stereocenters. The Hall–Kier alpha value is -1.55. The first kappa shape index (κ1) is 16.8. The predicted molar refractivity (Wildman–Crippen MR) is 88.9 cm³/mol. The van der Waals surface area contributed by atoms with E-state index < -0.39 is 0 Å². The largest absolute Gasteiger partial charge is 0.497 e. The molecule has 0 atom stereocenters. The summed E-state index contributed by atoms with van der Waals surface area (Å²) in [6.45, 7) is 8.67. The third-order valence-corrected chi connectivity index (χ3v) is 4.55. The molecule has 1 saturated heterocycles. The van der Waals surface area contributed by atoms with Crippen LogP contribution >= 0.6 is 0 Å². The Labute approximate surface area is 134 Å². The molecule has 0 aromatic heterocycles. The Morgan fingerprint density at radius 1 is 1.27 bits per heavy atom. The molecule has 1 fully saturated rings. The van der Waals surface area contributed by atoms with Crippen molar-refractivity contribution < 1.29 is 9.53 Å². The van der Waals surface area contributed by atoms with Crippen molar-refractivity contribution in [3.63, 3.8) is 0 Å². The number of nitrogens with zero attached hydrogens (tertiary/aromatic N) is 2. The van der Waals surface area contributed by atoms with Crippen molar-refractivity contribution in [3.05, 3.63) is 29.8 Å².